The summed E-state index contributed by atoms with van der Waals surface area (Å²) in [5.74, 6) is -0.142. The molecule has 0 radical (unpaired) electrons. The van der Waals surface area contributed by atoms with E-state index >= 15 is 0 Å². The zero-order chi connectivity index (χ0) is 8.85. The monoisotopic (exact) mass is 159 g/mol. The molecule has 0 aromatic rings. The van der Waals surface area contributed by atoms with E-state index in [9.17, 15) is 4.79 Å². The lowest BCUT2D eigenvalue weighted by molar-refractivity contribution is -0.146. The Labute approximate surface area is 68.3 Å². The standard InChI is InChI=1S/C8H17NO2/c1-5-6-7(9(2)3)8(10)11-4/h7H,5-6H2,1-4H3. The molecule has 11 heavy (non-hydrogen) atoms. The van der Waals surface area contributed by atoms with Gasteiger partial charge in [-0.25, -0.2) is 0 Å². The maximum absolute atomic E-state index is 11.1. The Bertz CT molecular complexity index is 123. The molecule has 0 aliphatic heterocycles. The Balaban J connectivity index is 3.98. The predicted molar refractivity (Wildman–Crippen MR) is 44.4 cm³/mol. The van der Waals surface area contributed by atoms with Gasteiger partial charge >= 0.3 is 5.97 Å². The number of carbonyl (C=O) groups is 1. The van der Waals surface area contributed by atoms with Crippen LogP contribution in [0.2, 0.25) is 0 Å². The molecule has 0 saturated heterocycles. The van der Waals surface area contributed by atoms with Gasteiger partial charge in [0, 0.05) is 0 Å². The molecule has 66 valence electrons. The number of ether oxygens (including phenoxy) is 1. The van der Waals surface area contributed by atoms with Crippen molar-refractivity contribution in [3.05, 3.63) is 0 Å². The minimum Gasteiger partial charge on any atom is -0.468 e. The number of likely N-dealkylation sites (N-methyl/N-ethyl adjacent to an activating group) is 1. The topological polar surface area (TPSA) is 29.5 Å². The van der Waals surface area contributed by atoms with Crippen molar-refractivity contribution in [2.45, 2.75) is 25.8 Å². The highest BCUT2D eigenvalue weighted by Gasteiger charge is 2.19. The lowest BCUT2D eigenvalue weighted by Crippen LogP contribution is -2.36. The van der Waals surface area contributed by atoms with Gasteiger partial charge in [-0.1, -0.05) is 13.3 Å². The molecule has 0 aromatic heterocycles. The third kappa shape index (κ3) is 3.37. The van der Waals surface area contributed by atoms with E-state index < -0.39 is 0 Å². The molecule has 0 spiro atoms. The molecule has 0 N–H and O–H groups in total. The number of rotatable bonds is 4. The van der Waals surface area contributed by atoms with Crippen LogP contribution in [0.5, 0.6) is 0 Å². The van der Waals surface area contributed by atoms with E-state index in [0.29, 0.717) is 0 Å². The highest BCUT2D eigenvalue weighted by Crippen LogP contribution is 2.04. The SMILES string of the molecule is CCCC(C(=O)OC)N(C)C. The lowest BCUT2D eigenvalue weighted by Gasteiger charge is -2.20. The molecule has 0 rings (SSSR count). The molecule has 1 atom stereocenters. The summed E-state index contributed by atoms with van der Waals surface area (Å²) in [6.07, 6.45) is 1.86. The van der Waals surface area contributed by atoms with Crippen molar-refractivity contribution in [3.8, 4) is 0 Å². The van der Waals surface area contributed by atoms with Crippen molar-refractivity contribution in [2.75, 3.05) is 21.2 Å². The van der Waals surface area contributed by atoms with Crippen LogP contribution in [-0.4, -0.2) is 38.1 Å². The summed E-state index contributed by atoms with van der Waals surface area (Å²) in [5, 5.41) is 0. The van der Waals surface area contributed by atoms with Crippen molar-refractivity contribution in [1.29, 1.82) is 0 Å². The van der Waals surface area contributed by atoms with Gasteiger partial charge in [-0.15, -0.1) is 0 Å². The maximum atomic E-state index is 11.1. The molecule has 0 saturated carbocycles. The first-order chi connectivity index (χ1) is 5.13. The average Bonchev–Trinajstić information content (AvgIpc) is 1.98. The van der Waals surface area contributed by atoms with E-state index in [1.54, 1.807) is 0 Å². The fraction of sp³-hybridized carbons (Fsp3) is 0.875. The molecule has 0 aromatic carbocycles. The first kappa shape index (κ1) is 10.4. The third-order valence-electron chi connectivity index (χ3n) is 1.66. The molecule has 0 bridgehead atoms. The molecule has 0 aliphatic rings. The minimum atomic E-state index is -0.142. The van der Waals surface area contributed by atoms with Crippen molar-refractivity contribution in [3.63, 3.8) is 0 Å². The van der Waals surface area contributed by atoms with Crippen molar-refractivity contribution >= 4 is 5.97 Å². The molecule has 0 amide bonds. The van der Waals surface area contributed by atoms with Crippen LogP contribution in [-0.2, 0) is 9.53 Å². The van der Waals surface area contributed by atoms with Gasteiger partial charge in [0.15, 0.2) is 0 Å². The minimum absolute atomic E-state index is 0.0787. The van der Waals surface area contributed by atoms with Crippen LogP contribution >= 0.6 is 0 Å². The first-order valence-corrected chi connectivity index (χ1v) is 3.87. The number of carbonyl (C=O) groups excluding carboxylic acids is 1. The zero-order valence-corrected chi connectivity index (χ0v) is 7.76. The van der Waals surface area contributed by atoms with Crippen molar-refractivity contribution < 1.29 is 9.53 Å². The summed E-state index contributed by atoms with van der Waals surface area (Å²) in [4.78, 5) is 13.0. The molecular formula is C8H17NO2. The van der Waals surface area contributed by atoms with E-state index in [1.165, 1.54) is 7.11 Å². The normalized spacial score (nSPS) is 13.2. The smallest absolute Gasteiger partial charge is 0.323 e. The van der Waals surface area contributed by atoms with Crippen LogP contribution in [0, 0.1) is 0 Å². The van der Waals surface area contributed by atoms with Crippen molar-refractivity contribution in [1.82, 2.24) is 4.90 Å². The van der Waals surface area contributed by atoms with Crippen LogP contribution < -0.4 is 0 Å². The highest BCUT2D eigenvalue weighted by molar-refractivity contribution is 5.75. The molecule has 0 aliphatic carbocycles. The van der Waals surface area contributed by atoms with Gasteiger partial charge in [0.05, 0.1) is 7.11 Å². The molecule has 0 heterocycles. The van der Waals surface area contributed by atoms with Gasteiger partial charge in [0.2, 0.25) is 0 Å². The van der Waals surface area contributed by atoms with Gasteiger partial charge in [0.25, 0.3) is 0 Å². The third-order valence-corrected chi connectivity index (χ3v) is 1.66. The number of nitrogens with zero attached hydrogens (tertiary/aromatic N) is 1. The van der Waals surface area contributed by atoms with Gasteiger partial charge in [0.1, 0.15) is 6.04 Å². The van der Waals surface area contributed by atoms with Gasteiger partial charge in [-0.2, -0.15) is 0 Å². The van der Waals surface area contributed by atoms with Crippen molar-refractivity contribution in [2.24, 2.45) is 0 Å². The second-order valence-electron chi connectivity index (χ2n) is 2.79. The van der Waals surface area contributed by atoms with E-state index in [-0.39, 0.29) is 12.0 Å². The van der Waals surface area contributed by atoms with E-state index in [4.69, 9.17) is 0 Å². The maximum Gasteiger partial charge on any atom is 0.323 e. The Kier molecular flexibility index (Phi) is 4.86. The first-order valence-electron chi connectivity index (χ1n) is 3.87. The van der Waals surface area contributed by atoms with Crippen LogP contribution in [0.4, 0.5) is 0 Å². The largest absolute Gasteiger partial charge is 0.468 e. The Morgan fingerprint density at radius 3 is 2.36 bits per heavy atom. The zero-order valence-electron chi connectivity index (χ0n) is 7.76. The molecule has 3 nitrogen and oxygen atoms in total. The highest BCUT2D eigenvalue weighted by atomic mass is 16.5. The lowest BCUT2D eigenvalue weighted by atomic mass is 10.1. The fourth-order valence-corrected chi connectivity index (χ4v) is 0.996. The second-order valence-corrected chi connectivity index (χ2v) is 2.79. The van der Waals surface area contributed by atoms with E-state index in [1.807, 2.05) is 19.0 Å². The fourth-order valence-electron chi connectivity index (χ4n) is 0.996. The quantitative estimate of drug-likeness (QED) is 0.570. The van der Waals surface area contributed by atoms with Crippen LogP contribution in [0.1, 0.15) is 19.8 Å². The summed E-state index contributed by atoms with van der Waals surface area (Å²) >= 11 is 0. The average molecular weight is 159 g/mol. The number of methoxy groups -OCH3 is 1. The number of hydrogen-bond acceptors (Lipinski definition) is 3. The van der Waals surface area contributed by atoms with Gasteiger partial charge < -0.3 is 4.74 Å². The second kappa shape index (κ2) is 5.13. The summed E-state index contributed by atoms with van der Waals surface area (Å²) in [6, 6.07) is -0.0787. The number of hydrogen-bond donors (Lipinski definition) is 0. The van der Waals surface area contributed by atoms with Gasteiger partial charge in [-0.3, -0.25) is 9.69 Å². The van der Waals surface area contributed by atoms with Crippen LogP contribution in [0.25, 0.3) is 0 Å². The summed E-state index contributed by atoms with van der Waals surface area (Å²) < 4.78 is 4.65. The van der Waals surface area contributed by atoms with Crippen LogP contribution in [0.15, 0.2) is 0 Å². The summed E-state index contributed by atoms with van der Waals surface area (Å²) in [5.41, 5.74) is 0. The predicted octanol–water partition coefficient (Wildman–Crippen LogP) is 0.890. The molecule has 1 unspecified atom stereocenters. The number of esters is 1. The molecular weight excluding hydrogens is 142 g/mol. The summed E-state index contributed by atoms with van der Waals surface area (Å²) in [7, 11) is 5.20. The Hall–Kier alpha value is -0.570. The molecule has 0 fully saturated rings. The molecule has 3 heteroatoms. The van der Waals surface area contributed by atoms with E-state index in [0.717, 1.165) is 12.8 Å². The Morgan fingerprint density at radius 1 is 1.55 bits per heavy atom. The summed E-state index contributed by atoms with van der Waals surface area (Å²) in [6.45, 7) is 2.06. The van der Waals surface area contributed by atoms with Gasteiger partial charge in [-0.05, 0) is 20.5 Å². The Morgan fingerprint density at radius 2 is 2.09 bits per heavy atom. The van der Waals surface area contributed by atoms with Crippen LogP contribution in [0.3, 0.4) is 0 Å². The van der Waals surface area contributed by atoms with E-state index in [2.05, 4.69) is 11.7 Å².